The Bertz CT molecular complexity index is 1060. The number of nitrogens with one attached hydrogen (secondary N) is 1. The lowest BCUT2D eigenvalue weighted by Crippen LogP contribution is -2.41. The Hall–Kier alpha value is -3.31. The highest BCUT2D eigenvalue weighted by Gasteiger charge is 2.27. The predicted molar refractivity (Wildman–Crippen MR) is 137 cm³/mol. The lowest BCUT2D eigenvalue weighted by Gasteiger charge is -2.35. The fourth-order valence-electron chi connectivity index (χ4n) is 4.11. The molecule has 0 aromatic heterocycles. The Labute approximate surface area is 203 Å². The summed E-state index contributed by atoms with van der Waals surface area (Å²) in [6, 6.07) is 22.6. The maximum Gasteiger partial charge on any atom is 0.234 e. The molecule has 0 bridgehead atoms. The smallest absolute Gasteiger partial charge is 0.234 e. The van der Waals surface area contributed by atoms with Crippen molar-refractivity contribution in [2.75, 3.05) is 27.3 Å². The summed E-state index contributed by atoms with van der Waals surface area (Å²) in [5.74, 6) is 1.53. The van der Waals surface area contributed by atoms with E-state index in [0.717, 1.165) is 30.0 Å². The van der Waals surface area contributed by atoms with Crippen LogP contribution in [0.2, 0.25) is 0 Å². The van der Waals surface area contributed by atoms with Gasteiger partial charge in [0.15, 0.2) is 11.5 Å². The normalized spacial score (nSPS) is 14.9. The number of fused-ring (bicyclic) bond motifs is 1. The molecule has 5 heteroatoms. The topological polar surface area (TPSA) is 50.8 Å². The van der Waals surface area contributed by atoms with Gasteiger partial charge in [-0.3, -0.25) is 9.69 Å². The number of aryl methyl sites for hydroxylation is 2. The fraction of sp³-hybridized carbons (Fsp3) is 0.345. The largest absolute Gasteiger partial charge is 0.493 e. The van der Waals surface area contributed by atoms with Crippen molar-refractivity contribution < 1.29 is 14.3 Å². The molecule has 3 aromatic rings. The maximum atomic E-state index is 12.4. The van der Waals surface area contributed by atoms with Gasteiger partial charge in [-0.15, -0.1) is 0 Å². The molecule has 3 aromatic carbocycles. The second-order valence-electron chi connectivity index (χ2n) is 8.65. The van der Waals surface area contributed by atoms with E-state index in [1.165, 1.54) is 22.3 Å². The average molecular weight is 461 g/mol. The van der Waals surface area contributed by atoms with Gasteiger partial charge in [-0.25, -0.2) is 0 Å². The van der Waals surface area contributed by atoms with Crippen molar-refractivity contribution >= 4 is 5.91 Å². The summed E-state index contributed by atoms with van der Waals surface area (Å²) in [6.07, 6.45) is 0.895. The van der Waals surface area contributed by atoms with Gasteiger partial charge in [-0.1, -0.05) is 54.6 Å². The summed E-state index contributed by atoms with van der Waals surface area (Å²) < 4.78 is 10.8. The van der Waals surface area contributed by atoms with E-state index >= 15 is 0 Å². The lowest BCUT2D eigenvalue weighted by molar-refractivity contribution is -0.123. The molecule has 0 aliphatic carbocycles. The van der Waals surface area contributed by atoms with Crippen LogP contribution < -0.4 is 14.8 Å². The summed E-state index contributed by atoms with van der Waals surface area (Å²) in [6.45, 7) is 8.17. The summed E-state index contributed by atoms with van der Waals surface area (Å²) in [4.78, 5) is 14.6. The first-order chi connectivity index (χ1) is 16.4. The number of nitrogens with zero attached hydrogens (tertiary/aromatic N) is 1. The minimum atomic E-state index is 0.0460. The predicted octanol–water partition coefficient (Wildman–Crippen LogP) is 5.24. The molecule has 34 heavy (non-hydrogen) atoms. The summed E-state index contributed by atoms with van der Waals surface area (Å²) >= 11 is 0. The lowest BCUT2D eigenvalue weighted by atomic mass is 9.93. The Morgan fingerprint density at radius 1 is 0.941 bits per heavy atom. The molecule has 1 aliphatic rings. The van der Waals surface area contributed by atoms with Crippen molar-refractivity contribution in [2.45, 2.75) is 39.8 Å². The quantitative estimate of drug-likeness (QED) is 0.546. The zero-order chi connectivity index (χ0) is 24.5. The van der Waals surface area contributed by atoms with Gasteiger partial charge in [0.2, 0.25) is 5.91 Å². The molecule has 0 fully saturated rings. The molecule has 0 radical (unpaired) electrons. The van der Waals surface area contributed by atoms with Crippen LogP contribution in [0.1, 0.15) is 40.8 Å². The Kier molecular flexibility index (Phi) is 9.11. The number of rotatable bonds is 6. The van der Waals surface area contributed by atoms with Gasteiger partial charge in [0.25, 0.3) is 0 Å². The number of ether oxygens (including phenoxy) is 2. The number of hydrogen-bond acceptors (Lipinski definition) is 4. The second kappa shape index (κ2) is 12.2. The van der Waals surface area contributed by atoms with E-state index in [1.807, 2.05) is 36.4 Å². The van der Waals surface area contributed by atoms with Gasteiger partial charge >= 0.3 is 0 Å². The molecular formula is C29H36N2O3. The summed E-state index contributed by atoms with van der Waals surface area (Å²) in [5.41, 5.74) is 6.30. The van der Waals surface area contributed by atoms with Gasteiger partial charge in [-0.2, -0.15) is 0 Å². The molecule has 4 rings (SSSR count). The van der Waals surface area contributed by atoms with Crippen LogP contribution in [0.3, 0.4) is 0 Å². The van der Waals surface area contributed by atoms with Crippen LogP contribution in [0.4, 0.5) is 0 Å². The van der Waals surface area contributed by atoms with Crippen LogP contribution >= 0.6 is 0 Å². The van der Waals surface area contributed by atoms with Crippen LogP contribution in [0, 0.1) is 13.8 Å². The molecule has 1 unspecified atom stereocenters. The zero-order valence-electron chi connectivity index (χ0n) is 20.9. The van der Waals surface area contributed by atoms with E-state index in [-0.39, 0.29) is 11.9 Å². The minimum Gasteiger partial charge on any atom is -0.493 e. The van der Waals surface area contributed by atoms with Gasteiger partial charge in [0.05, 0.1) is 20.8 Å². The van der Waals surface area contributed by atoms with Crippen molar-refractivity contribution in [3.05, 3.63) is 94.5 Å². The van der Waals surface area contributed by atoms with E-state index in [1.54, 1.807) is 14.2 Å². The highest BCUT2D eigenvalue weighted by Crippen LogP contribution is 2.37. The third kappa shape index (κ3) is 6.61. The van der Waals surface area contributed by atoms with Gasteiger partial charge in [0.1, 0.15) is 0 Å². The molecule has 180 valence electrons. The number of methoxy groups -OCH3 is 2. The molecule has 1 aliphatic heterocycles. The number of hydrogen-bond donors (Lipinski definition) is 1. The number of benzene rings is 3. The van der Waals surface area contributed by atoms with Gasteiger partial charge in [0, 0.05) is 19.1 Å². The minimum absolute atomic E-state index is 0.0460. The highest BCUT2D eigenvalue weighted by atomic mass is 16.5. The first kappa shape index (κ1) is 25.3. The summed E-state index contributed by atoms with van der Waals surface area (Å²) in [5, 5.41) is 3.01. The van der Waals surface area contributed by atoms with Crippen LogP contribution in [0.25, 0.3) is 0 Å². The molecule has 1 heterocycles. The molecule has 1 atom stereocenters. The van der Waals surface area contributed by atoms with Gasteiger partial charge in [-0.05, 0) is 67.1 Å². The average Bonchev–Trinajstić information content (AvgIpc) is 2.86. The number of amides is 1. The monoisotopic (exact) mass is 460 g/mol. The van der Waals surface area contributed by atoms with Crippen molar-refractivity contribution in [3.8, 4) is 11.5 Å². The zero-order valence-corrected chi connectivity index (χ0v) is 20.9. The van der Waals surface area contributed by atoms with Crippen LogP contribution in [-0.4, -0.2) is 38.1 Å². The van der Waals surface area contributed by atoms with Crippen molar-refractivity contribution in [2.24, 2.45) is 0 Å². The van der Waals surface area contributed by atoms with E-state index in [4.69, 9.17) is 9.47 Å². The van der Waals surface area contributed by atoms with Crippen LogP contribution in [-0.2, 0) is 17.8 Å². The fourth-order valence-corrected chi connectivity index (χ4v) is 4.11. The third-order valence-electron chi connectivity index (χ3n) is 6.42. The molecular weight excluding hydrogens is 424 g/mol. The molecule has 0 saturated heterocycles. The molecule has 0 saturated carbocycles. The molecule has 1 N–H and O–H groups in total. The maximum absolute atomic E-state index is 12.4. The third-order valence-corrected chi connectivity index (χ3v) is 6.42. The Morgan fingerprint density at radius 2 is 1.53 bits per heavy atom. The standard InChI is InChI=1S/C21H26N2O3.C8H10/c1-15-18-12-20(26-3)19(25-2)11-17(18)9-10-23(15)14-21(24)22-13-16-7-5-4-6-8-16;1-7-5-3-4-6-8(7)2/h4-8,11-12,15H,9-10,13-14H2,1-3H3,(H,22,24);3-6H,1-2H3. The SMILES string of the molecule is COc1cc2c(cc1OC)C(C)N(CC(=O)NCc1ccccc1)CC2.Cc1ccccc1C. The first-order valence-corrected chi connectivity index (χ1v) is 11.7. The number of carbonyl (C=O) groups excluding carboxylic acids is 1. The molecule has 5 nitrogen and oxygen atoms in total. The molecule has 0 spiro atoms. The Morgan fingerprint density at radius 3 is 2.12 bits per heavy atom. The van der Waals surface area contributed by atoms with Crippen LogP contribution in [0.15, 0.2) is 66.7 Å². The van der Waals surface area contributed by atoms with Gasteiger partial charge < -0.3 is 14.8 Å². The van der Waals surface area contributed by atoms with E-state index in [0.29, 0.717) is 13.1 Å². The van der Waals surface area contributed by atoms with E-state index < -0.39 is 0 Å². The summed E-state index contributed by atoms with van der Waals surface area (Å²) in [7, 11) is 3.30. The first-order valence-electron chi connectivity index (χ1n) is 11.7. The number of carbonyl (C=O) groups is 1. The molecule has 1 amide bonds. The van der Waals surface area contributed by atoms with E-state index in [2.05, 4.69) is 61.3 Å². The van der Waals surface area contributed by atoms with Crippen LogP contribution in [0.5, 0.6) is 11.5 Å². The van der Waals surface area contributed by atoms with Crippen molar-refractivity contribution in [3.63, 3.8) is 0 Å². The Balaban J connectivity index is 0.000000343. The van der Waals surface area contributed by atoms with Crippen molar-refractivity contribution in [1.82, 2.24) is 10.2 Å². The van der Waals surface area contributed by atoms with E-state index in [9.17, 15) is 4.79 Å². The highest BCUT2D eigenvalue weighted by molar-refractivity contribution is 5.78. The second-order valence-corrected chi connectivity index (χ2v) is 8.65. The van der Waals surface area contributed by atoms with Crippen molar-refractivity contribution in [1.29, 1.82) is 0 Å².